The van der Waals surface area contributed by atoms with Crippen LogP contribution in [0.15, 0.2) is 140 Å². The monoisotopic (exact) mass is 640 g/mol. The first-order valence-corrected chi connectivity index (χ1v) is 16.6. The molecule has 0 saturated carbocycles. The van der Waals surface area contributed by atoms with Crippen LogP contribution in [-0.4, -0.2) is 17.0 Å². The first kappa shape index (κ1) is 35.7. The number of para-hydroxylation sites is 1. The van der Waals surface area contributed by atoms with E-state index in [0.29, 0.717) is 18.8 Å². The maximum atomic E-state index is 14.0. The van der Waals surface area contributed by atoms with Crippen LogP contribution in [0.5, 0.6) is 0 Å². The average Bonchev–Trinajstić information content (AvgIpc) is 3.10. The molecular formula is C42H48N4O2. The fourth-order valence-corrected chi connectivity index (χ4v) is 5.55. The molecule has 0 bridgehead atoms. The Morgan fingerprint density at radius 1 is 0.542 bits per heavy atom. The van der Waals surface area contributed by atoms with Gasteiger partial charge in [-0.3, -0.25) is 0 Å². The highest BCUT2D eigenvalue weighted by atomic mass is 16.2. The van der Waals surface area contributed by atoms with Gasteiger partial charge >= 0.3 is 12.1 Å². The van der Waals surface area contributed by atoms with Crippen molar-refractivity contribution < 1.29 is 9.59 Å². The predicted octanol–water partition coefficient (Wildman–Crippen LogP) is 9.62. The van der Waals surface area contributed by atoms with Gasteiger partial charge in [-0.05, 0) is 45.2 Å². The third-order valence-corrected chi connectivity index (χ3v) is 8.02. The smallest absolute Gasteiger partial charge is 0.333 e. The molecule has 248 valence electrons. The molecule has 0 heterocycles. The fourth-order valence-electron chi connectivity index (χ4n) is 5.55. The van der Waals surface area contributed by atoms with Crippen molar-refractivity contribution in [2.75, 3.05) is 4.90 Å². The van der Waals surface area contributed by atoms with Gasteiger partial charge in [0.15, 0.2) is 0 Å². The molecule has 0 radical (unpaired) electrons. The molecular weight excluding hydrogens is 592 g/mol. The molecule has 4 amide bonds. The van der Waals surface area contributed by atoms with Crippen LogP contribution in [-0.2, 0) is 26.2 Å². The highest BCUT2D eigenvalue weighted by molar-refractivity contribution is 6.14. The van der Waals surface area contributed by atoms with Crippen molar-refractivity contribution in [2.45, 2.75) is 65.7 Å². The van der Waals surface area contributed by atoms with Gasteiger partial charge in [-0.1, -0.05) is 167 Å². The number of urea groups is 2. The maximum Gasteiger partial charge on any atom is 0.333 e. The number of benzene rings is 5. The Labute approximate surface area is 286 Å². The molecule has 5 aromatic carbocycles. The number of nitrogens with two attached hydrogens (primary N) is 1. The summed E-state index contributed by atoms with van der Waals surface area (Å²) in [6.07, 6.45) is 0. The van der Waals surface area contributed by atoms with Crippen LogP contribution in [0.2, 0.25) is 0 Å². The summed E-state index contributed by atoms with van der Waals surface area (Å²) >= 11 is 0. The van der Waals surface area contributed by atoms with E-state index in [-0.39, 0.29) is 11.8 Å². The largest absolute Gasteiger partial charge is 0.351 e. The number of rotatable bonds is 11. The van der Waals surface area contributed by atoms with E-state index < -0.39 is 12.1 Å². The lowest BCUT2D eigenvalue weighted by Gasteiger charge is -2.32. The molecule has 0 aliphatic rings. The van der Waals surface area contributed by atoms with E-state index in [4.69, 9.17) is 5.73 Å². The first-order valence-electron chi connectivity index (χ1n) is 16.6. The average molecular weight is 641 g/mol. The number of imide groups is 1. The second kappa shape index (κ2) is 18.2. The number of carbonyl (C=O) groups is 2. The van der Waals surface area contributed by atoms with E-state index in [2.05, 4.69) is 81.5 Å². The number of hydrogen-bond donors (Lipinski definition) is 2. The minimum absolute atomic E-state index is 0.116. The summed E-state index contributed by atoms with van der Waals surface area (Å²) in [6, 6.07) is 45.2. The molecule has 0 fully saturated rings. The number of primary amides is 1. The van der Waals surface area contributed by atoms with Crippen molar-refractivity contribution in [3.05, 3.63) is 173 Å². The maximum absolute atomic E-state index is 14.0. The zero-order valence-corrected chi connectivity index (χ0v) is 28.6. The molecule has 3 N–H and O–H groups in total. The molecule has 0 aliphatic carbocycles. The number of amides is 4. The van der Waals surface area contributed by atoms with Crippen LogP contribution in [0.25, 0.3) is 0 Å². The molecule has 6 heteroatoms. The number of anilines is 1. The lowest BCUT2D eigenvalue weighted by Crippen LogP contribution is -2.49. The summed E-state index contributed by atoms with van der Waals surface area (Å²) in [5.74, 6) is 0.232. The summed E-state index contributed by atoms with van der Waals surface area (Å²) < 4.78 is 0. The number of nitrogens with zero attached hydrogens (tertiary/aromatic N) is 2. The van der Waals surface area contributed by atoms with Crippen molar-refractivity contribution >= 4 is 17.7 Å². The van der Waals surface area contributed by atoms with Gasteiger partial charge in [0.2, 0.25) is 0 Å². The summed E-state index contributed by atoms with van der Waals surface area (Å²) in [4.78, 5) is 29.6. The van der Waals surface area contributed by atoms with E-state index >= 15 is 0 Å². The highest BCUT2D eigenvalue weighted by Gasteiger charge is 2.31. The van der Waals surface area contributed by atoms with Crippen LogP contribution in [0, 0.1) is 0 Å². The van der Waals surface area contributed by atoms with Gasteiger partial charge < -0.3 is 16.0 Å². The van der Waals surface area contributed by atoms with Gasteiger partial charge in [-0.25, -0.2) is 14.5 Å². The lowest BCUT2D eigenvalue weighted by molar-refractivity contribution is 0.198. The SMILES string of the molecule is CC(C)c1cccc(C(C)C)c1N(C(N)=O)C(=O)N(Cc1ccccc1)Cc1ccccc1.c1ccc(CNCc2ccccc2)cc1. The molecule has 0 aliphatic heterocycles. The van der Waals surface area contributed by atoms with Crippen LogP contribution < -0.4 is 16.0 Å². The molecule has 0 spiro atoms. The van der Waals surface area contributed by atoms with Gasteiger partial charge in [0.05, 0.1) is 5.69 Å². The van der Waals surface area contributed by atoms with Gasteiger partial charge in [-0.15, -0.1) is 0 Å². The van der Waals surface area contributed by atoms with Gasteiger partial charge in [-0.2, -0.15) is 0 Å². The zero-order chi connectivity index (χ0) is 34.3. The van der Waals surface area contributed by atoms with Crippen LogP contribution in [0.4, 0.5) is 15.3 Å². The van der Waals surface area contributed by atoms with Crippen molar-refractivity contribution in [2.24, 2.45) is 5.73 Å². The van der Waals surface area contributed by atoms with E-state index in [1.165, 1.54) is 11.1 Å². The molecule has 48 heavy (non-hydrogen) atoms. The number of hydrogen-bond acceptors (Lipinski definition) is 3. The molecule has 0 unspecified atom stereocenters. The fraction of sp³-hybridized carbons (Fsp3) is 0.238. The first-order chi connectivity index (χ1) is 23.2. The van der Waals surface area contributed by atoms with E-state index in [1.807, 2.05) is 91.0 Å². The second-order valence-corrected chi connectivity index (χ2v) is 12.5. The number of nitrogens with one attached hydrogen (secondary N) is 1. The molecule has 5 aromatic rings. The Hall–Kier alpha value is -5.20. The summed E-state index contributed by atoms with van der Waals surface area (Å²) in [5, 5.41) is 3.42. The Kier molecular flexibility index (Phi) is 13.5. The molecule has 6 nitrogen and oxygen atoms in total. The highest BCUT2D eigenvalue weighted by Crippen LogP contribution is 2.36. The standard InChI is InChI=1S/C28H33N3O2.C14H15N/c1-20(2)24-16-11-17-25(21(3)4)26(24)31(27(29)32)28(33)30(18-22-12-7-5-8-13-22)19-23-14-9-6-10-15-23;1-3-7-13(8-4-1)11-15-12-14-9-5-2-6-10-14/h5-17,20-21H,18-19H2,1-4H3,(H2,29,32);1-10,15H,11-12H2. The third kappa shape index (κ3) is 10.4. The van der Waals surface area contributed by atoms with Crippen molar-refractivity contribution in [3.63, 3.8) is 0 Å². The predicted molar refractivity (Wildman–Crippen MR) is 198 cm³/mol. The van der Waals surface area contributed by atoms with Crippen molar-refractivity contribution in [1.82, 2.24) is 10.2 Å². The molecule has 0 saturated heterocycles. The normalized spacial score (nSPS) is 10.7. The van der Waals surface area contributed by atoms with Crippen molar-refractivity contribution in [1.29, 1.82) is 0 Å². The van der Waals surface area contributed by atoms with Gasteiger partial charge in [0.1, 0.15) is 0 Å². The molecule has 0 atom stereocenters. The third-order valence-electron chi connectivity index (χ3n) is 8.02. The number of carbonyl (C=O) groups excluding carboxylic acids is 2. The summed E-state index contributed by atoms with van der Waals surface area (Å²) in [6.45, 7) is 10.8. The summed E-state index contributed by atoms with van der Waals surface area (Å²) in [5.41, 5.74) is 12.9. The van der Waals surface area contributed by atoms with E-state index in [0.717, 1.165) is 40.2 Å². The van der Waals surface area contributed by atoms with Crippen LogP contribution >= 0.6 is 0 Å². The van der Waals surface area contributed by atoms with Crippen molar-refractivity contribution in [3.8, 4) is 0 Å². The van der Waals surface area contributed by atoms with Crippen LogP contribution in [0.1, 0.15) is 72.9 Å². The topological polar surface area (TPSA) is 78.7 Å². The Bertz CT molecular complexity index is 1580. The van der Waals surface area contributed by atoms with E-state index in [1.54, 1.807) is 4.90 Å². The van der Waals surface area contributed by atoms with Crippen LogP contribution in [0.3, 0.4) is 0 Å². The Morgan fingerprint density at radius 3 is 1.23 bits per heavy atom. The zero-order valence-electron chi connectivity index (χ0n) is 28.6. The van der Waals surface area contributed by atoms with Gasteiger partial charge in [0.25, 0.3) is 0 Å². The minimum atomic E-state index is -0.777. The molecule has 0 aromatic heterocycles. The molecule has 5 rings (SSSR count). The summed E-state index contributed by atoms with van der Waals surface area (Å²) in [7, 11) is 0. The Balaban J connectivity index is 0.000000287. The lowest BCUT2D eigenvalue weighted by atomic mass is 9.92. The quantitative estimate of drug-likeness (QED) is 0.151. The Morgan fingerprint density at radius 2 is 0.896 bits per heavy atom. The van der Waals surface area contributed by atoms with E-state index in [9.17, 15) is 9.59 Å². The minimum Gasteiger partial charge on any atom is -0.351 e. The second-order valence-electron chi connectivity index (χ2n) is 12.5. The van der Waals surface area contributed by atoms with Gasteiger partial charge in [0, 0.05) is 26.2 Å².